The molecule has 2 rings (SSSR count). The lowest BCUT2D eigenvalue weighted by Crippen LogP contribution is -2.38. The second-order valence-electron chi connectivity index (χ2n) is 4.24. The molecule has 1 saturated heterocycles. The van der Waals surface area contributed by atoms with Crippen LogP contribution in [0.3, 0.4) is 0 Å². The lowest BCUT2D eigenvalue weighted by Gasteiger charge is -2.11. The van der Waals surface area contributed by atoms with Gasteiger partial charge < -0.3 is 15.4 Å². The molecule has 1 atom stereocenters. The van der Waals surface area contributed by atoms with Crippen molar-refractivity contribution < 1.29 is 14.3 Å². The van der Waals surface area contributed by atoms with E-state index in [0.29, 0.717) is 18.5 Å². The Labute approximate surface area is 106 Å². The van der Waals surface area contributed by atoms with Crippen LogP contribution in [0.1, 0.15) is 23.2 Å². The minimum Gasteiger partial charge on any atom is -0.497 e. The number of hydrogen-bond donors (Lipinski definition) is 2. The topological polar surface area (TPSA) is 67.4 Å². The van der Waals surface area contributed by atoms with Gasteiger partial charge in [-0.1, -0.05) is 0 Å². The number of hydrogen-bond acceptors (Lipinski definition) is 3. The Bertz CT molecular complexity index is 442. The Hall–Kier alpha value is -2.04. The molecular weight excluding hydrogens is 232 g/mol. The molecule has 1 fully saturated rings. The molecule has 96 valence electrons. The molecule has 5 heteroatoms. The Morgan fingerprint density at radius 1 is 1.44 bits per heavy atom. The molecule has 1 aromatic carbocycles. The molecule has 1 heterocycles. The van der Waals surface area contributed by atoms with Crippen LogP contribution in [-0.2, 0) is 4.79 Å². The number of amides is 2. The molecule has 18 heavy (non-hydrogen) atoms. The second-order valence-corrected chi connectivity index (χ2v) is 4.24. The van der Waals surface area contributed by atoms with Gasteiger partial charge in [-0.15, -0.1) is 0 Å². The zero-order valence-electron chi connectivity index (χ0n) is 10.2. The largest absolute Gasteiger partial charge is 0.497 e. The maximum absolute atomic E-state index is 11.8. The number of carbonyl (C=O) groups is 2. The van der Waals surface area contributed by atoms with E-state index < -0.39 is 0 Å². The van der Waals surface area contributed by atoms with Gasteiger partial charge in [-0.05, 0) is 30.7 Å². The zero-order valence-corrected chi connectivity index (χ0v) is 10.2. The van der Waals surface area contributed by atoms with E-state index in [-0.39, 0.29) is 17.9 Å². The molecule has 0 spiro atoms. The van der Waals surface area contributed by atoms with Gasteiger partial charge in [0.2, 0.25) is 5.91 Å². The Morgan fingerprint density at radius 3 is 2.72 bits per heavy atom. The predicted octanol–water partition coefficient (Wildman–Crippen LogP) is 0.704. The van der Waals surface area contributed by atoms with Crippen molar-refractivity contribution in [3.63, 3.8) is 0 Å². The van der Waals surface area contributed by atoms with Crippen LogP contribution in [0.4, 0.5) is 0 Å². The summed E-state index contributed by atoms with van der Waals surface area (Å²) in [5, 5.41) is 5.61. The van der Waals surface area contributed by atoms with Gasteiger partial charge in [-0.2, -0.15) is 0 Å². The molecular formula is C13H16N2O3. The van der Waals surface area contributed by atoms with E-state index in [2.05, 4.69) is 10.6 Å². The van der Waals surface area contributed by atoms with Crippen LogP contribution < -0.4 is 15.4 Å². The maximum atomic E-state index is 11.8. The molecule has 1 aliphatic heterocycles. The highest BCUT2D eigenvalue weighted by atomic mass is 16.5. The summed E-state index contributed by atoms with van der Waals surface area (Å²) < 4.78 is 5.02. The molecule has 1 unspecified atom stereocenters. The summed E-state index contributed by atoms with van der Waals surface area (Å²) in [5.41, 5.74) is 0.583. The molecule has 2 amide bonds. The van der Waals surface area contributed by atoms with Gasteiger partial charge in [0.25, 0.3) is 5.91 Å². The van der Waals surface area contributed by atoms with Gasteiger partial charge in [0.05, 0.1) is 7.11 Å². The lowest BCUT2D eigenvalue weighted by atomic mass is 10.2. The number of carbonyl (C=O) groups excluding carboxylic acids is 2. The fraction of sp³-hybridized carbons (Fsp3) is 0.385. The molecule has 5 nitrogen and oxygen atoms in total. The molecule has 0 aromatic heterocycles. The van der Waals surface area contributed by atoms with Crippen molar-refractivity contribution in [1.82, 2.24) is 10.6 Å². The van der Waals surface area contributed by atoms with Crippen LogP contribution in [0.2, 0.25) is 0 Å². The van der Waals surface area contributed by atoms with Crippen molar-refractivity contribution in [2.24, 2.45) is 0 Å². The van der Waals surface area contributed by atoms with Crippen LogP contribution in [0.5, 0.6) is 5.75 Å². The smallest absolute Gasteiger partial charge is 0.251 e. The van der Waals surface area contributed by atoms with Crippen molar-refractivity contribution >= 4 is 11.8 Å². The summed E-state index contributed by atoms with van der Waals surface area (Å²) in [6.07, 6.45) is 1.32. The summed E-state index contributed by atoms with van der Waals surface area (Å²) in [5.74, 6) is 0.632. The number of methoxy groups -OCH3 is 1. The maximum Gasteiger partial charge on any atom is 0.251 e. The van der Waals surface area contributed by atoms with E-state index in [0.717, 1.165) is 12.2 Å². The van der Waals surface area contributed by atoms with Crippen LogP contribution in [-0.4, -0.2) is 31.5 Å². The standard InChI is InChI=1S/C13H16N2O3/c1-18-11-5-2-9(3-6-11)13(17)14-8-10-4-7-12(16)15-10/h2-3,5-6,10H,4,7-8H2,1H3,(H,14,17)(H,15,16). The first-order valence-electron chi connectivity index (χ1n) is 5.90. The summed E-state index contributed by atoms with van der Waals surface area (Å²) in [4.78, 5) is 22.8. The van der Waals surface area contributed by atoms with Gasteiger partial charge in [-0.3, -0.25) is 9.59 Å². The first-order valence-corrected chi connectivity index (χ1v) is 5.90. The fourth-order valence-electron chi connectivity index (χ4n) is 1.89. The van der Waals surface area contributed by atoms with Crippen molar-refractivity contribution in [3.05, 3.63) is 29.8 Å². The van der Waals surface area contributed by atoms with Crippen LogP contribution >= 0.6 is 0 Å². The Balaban J connectivity index is 1.85. The van der Waals surface area contributed by atoms with Crippen LogP contribution in [0, 0.1) is 0 Å². The highest BCUT2D eigenvalue weighted by Crippen LogP contribution is 2.11. The van der Waals surface area contributed by atoms with E-state index in [1.54, 1.807) is 31.4 Å². The predicted molar refractivity (Wildman–Crippen MR) is 66.5 cm³/mol. The van der Waals surface area contributed by atoms with Crippen molar-refractivity contribution in [2.45, 2.75) is 18.9 Å². The van der Waals surface area contributed by atoms with Crippen molar-refractivity contribution in [2.75, 3.05) is 13.7 Å². The first kappa shape index (κ1) is 12.4. The monoisotopic (exact) mass is 248 g/mol. The number of benzene rings is 1. The molecule has 0 aliphatic carbocycles. The minimum absolute atomic E-state index is 0.0543. The van der Waals surface area contributed by atoms with Crippen LogP contribution in [0.15, 0.2) is 24.3 Å². The molecule has 1 aromatic rings. The Kier molecular flexibility index (Phi) is 3.82. The van der Waals surface area contributed by atoms with E-state index in [1.807, 2.05) is 0 Å². The van der Waals surface area contributed by atoms with Gasteiger partial charge in [0.15, 0.2) is 0 Å². The lowest BCUT2D eigenvalue weighted by molar-refractivity contribution is -0.119. The third-order valence-electron chi connectivity index (χ3n) is 2.95. The van der Waals surface area contributed by atoms with E-state index in [9.17, 15) is 9.59 Å². The third-order valence-corrected chi connectivity index (χ3v) is 2.95. The molecule has 0 bridgehead atoms. The van der Waals surface area contributed by atoms with Gasteiger partial charge in [0.1, 0.15) is 5.75 Å². The van der Waals surface area contributed by atoms with Crippen molar-refractivity contribution in [1.29, 1.82) is 0 Å². The van der Waals surface area contributed by atoms with E-state index in [1.165, 1.54) is 0 Å². The van der Waals surface area contributed by atoms with Crippen molar-refractivity contribution in [3.8, 4) is 5.75 Å². The molecule has 1 aliphatic rings. The van der Waals surface area contributed by atoms with Crippen LogP contribution in [0.25, 0.3) is 0 Å². The SMILES string of the molecule is COc1ccc(C(=O)NCC2CCC(=O)N2)cc1. The number of rotatable bonds is 4. The fourth-order valence-corrected chi connectivity index (χ4v) is 1.89. The van der Waals surface area contributed by atoms with E-state index in [4.69, 9.17) is 4.74 Å². The third kappa shape index (κ3) is 3.00. The minimum atomic E-state index is -0.140. The molecule has 2 N–H and O–H groups in total. The second kappa shape index (κ2) is 5.53. The van der Waals surface area contributed by atoms with E-state index >= 15 is 0 Å². The average Bonchev–Trinajstić information content (AvgIpc) is 2.82. The first-order chi connectivity index (χ1) is 8.69. The quantitative estimate of drug-likeness (QED) is 0.824. The average molecular weight is 248 g/mol. The summed E-state index contributed by atoms with van der Waals surface area (Å²) in [6, 6.07) is 6.96. The highest BCUT2D eigenvalue weighted by molar-refractivity contribution is 5.94. The normalized spacial score (nSPS) is 18.3. The summed E-state index contributed by atoms with van der Waals surface area (Å²) in [6.45, 7) is 0.469. The van der Waals surface area contributed by atoms with Gasteiger partial charge in [-0.25, -0.2) is 0 Å². The van der Waals surface area contributed by atoms with Gasteiger partial charge >= 0.3 is 0 Å². The number of nitrogens with one attached hydrogen (secondary N) is 2. The zero-order chi connectivity index (χ0) is 13.0. The number of ether oxygens (including phenoxy) is 1. The summed E-state index contributed by atoms with van der Waals surface area (Å²) in [7, 11) is 1.58. The Morgan fingerprint density at radius 2 is 2.17 bits per heavy atom. The molecule has 0 saturated carbocycles. The van der Waals surface area contributed by atoms with Gasteiger partial charge in [0, 0.05) is 24.6 Å². The molecule has 0 radical (unpaired) electrons. The summed E-state index contributed by atoms with van der Waals surface area (Å²) >= 11 is 0. The highest BCUT2D eigenvalue weighted by Gasteiger charge is 2.20.